The molecule has 0 aliphatic heterocycles. The molecule has 0 rings (SSSR count). The summed E-state index contributed by atoms with van der Waals surface area (Å²) in [6, 6.07) is 0. The van der Waals surface area contributed by atoms with Crippen LogP contribution in [0, 0.1) is 5.41 Å². The summed E-state index contributed by atoms with van der Waals surface area (Å²) in [5.41, 5.74) is 6.57. The van der Waals surface area contributed by atoms with Gasteiger partial charge >= 0.3 is 0 Å². The van der Waals surface area contributed by atoms with Crippen molar-refractivity contribution in [1.82, 2.24) is 0 Å². The number of hydrogen-bond acceptors (Lipinski definition) is 1. The SMILES string of the molecule is C=C(/C=C\C(C)(C)C)CN. The normalized spacial score (nSPS) is 12.4. The number of rotatable bonds is 2. The molecule has 0 aliphatic rings. The molecule has 0 radical (unpaired) electrons. The van der Waals surface area contributed by atoms with Crippen LogP contribution in [0.25, 0.3) is 0 Å². The zero-order valence-electron chi connectivity index (χ0n) is 7.15. The van der Waals surface area contributed by atoms with E-state index >= 15 is 0 Å². The number of allylic oxidation sites excluding steroid dienone is 1. The molecule has 1 heteroatoms. The highest BCUT2D eigenvalue weighted by molar-refractivity contribution is 5.17. The third-order valence-corrected chi connectivity index (χ3v) is 1.08. The minimum atomic E-state index is 0.234. The van der Waals surface area contributed by atoms with Crippen molar-refractivity contribution in [2.24, 2.45) is 11.1 Å². The van der Waals surface area contributed by atoms with Gasteiger partial charge in [0.25, 0.3) is 0 Å². The molecule has 0 saturated heterocycles. The molecular weight excluding hydrogens is 122 g/mol. The molecule has 1 nitrogen and oxygen atoms in total. The lowest BCUT2D eigenvalue weighted by Crippen LogP contribution is -2.02. The van der Waals surface area contributed by atoms with Gasteiger partial charge in [0, 0.05) is 6.54 Å². The maximum absolute atomic E-state index is 5.35. The fraction of sp³-hybridized carbons (Fsp3) is 0.556. The van der Waals surface area contributed by atoms with Crippen molar-refractivity contribution in [2.45, 2.75) is 20.8 Å². The predicted octanol–water partition coefficient (Wildman–Crippen LogP) is 2.10. The predicted molar refractivity (Wildman–Crippen MR) is 46.8 cm³/mol. The Morgan fingerprint density at radius 1 is 1.50 bits per heavy atom. The zero-order valence-corrected chi connectivity index (χ0v) is 7.15. The molecule has 2 N–H and O–H groups in total. The summed E-state index contributed by atoms with van der Waals surface area (Å²) in [6.07, 6.45) is 4.10. The fourth-order valence-corrected chi connectivity index (χ4v) is 0.436. The Labute approximate surface area is 63.6 Å². The molecule has 0 amide bonds. The van der Waals surface area contributed by atoms with Gasteiger partial charge in [0.15, 0.2) is 0 Å². The van der Waals surface area contributed by atoms with E-state index < -0.39 is 0 Å². The first-order chi connectivity index (χ1) is 4.45. The van der Waals surface area contributed by atoms with Gasteiger partial charge in [0.05, 0.1) is 0 Å². The lowest BCUT2D eigenvalue weighted by Gasteiger charge is -2.10. The molecule has 0 spiro atoms. The maximum atomic E-state index is 5.35. The lowest BCUT2D eigenvalue weighted by molar-refractivity contribution is 0.544. The number of nitrogens with two attached hydrogens (primary N) is 1. The van der Waals surface area contributed by atoms with Crippen molar-refractivity contribution in [1.29, 1.82) is 0 Å². The summed E-state index contributed by atoms with van der Waals surface area (Å²) in [7, 11) is 0. The Morgan fingerprint density at radius 2 is 2.00 bits per heavy atom. The Balaban J connectivity index is 3.88. The van der Waals surface area contributed by atoms with Gasteiger partial charge in [0.1, 0.15) is 0 Å². The standard InChI is InChI=1S/C9H17N/c1-8(7-10)5-6-9(2,3)4/h5-6H,1,7,10H2,2-4H3/b6-5-. The molecule has 10 heavy (non-hydrogen) atoms. The highest BCUT2D eigenvalue weighted by atomic mass is 14.5. The van der Waals surface area contributed by atoms with Gasteiger partial charge < -0.3 is 5.73 Å². The van der Waals surface area contributed by atoms with Gasteiger partial charge in [-0.3, -0.25) is 0 Å². The van der Waals surface area contributed by atoms with Crippen molar-refractivity contribution in [3.8, 4) is 0 Å². The molecule has 0 aliphatic carbocycles. The number of hydrogen-bond donors (Lipinski definition) is 1. The summed E-state index contributed by atoms with van der Waals surface area (Å²) in [5, 5.41) is 0. The van der Waals surface area contributed by atoms with Gasteiger partial charge in [0.2, 0.25) is 0 Å². The second kappa shape index (κ2) is 3.57. The van der Waals surface area contributed by atoms with Crippen LogP contribution in [-0.4, -0.2) is 6.54 Å². The van der Waals surface area contributed by atoms with Crippen LogP contribution in [0.5, 0.6) is 0 Å². The van der Waals surface area contributed by atoms with E-state index in [0.29, 0.717) is 6.54 Å². The Morgan fingerprint density at radius 3 is 2.30 bits per heavy atom. The molecule has 0 saturated carbocycles. The topological polar surface area (TPSA) is 26.0 Å². The van der Waals surface area contributed by atoms with E-state index in [0.717, 1.165) is 5.57 Å². The highest BCUT2D eigenvalue weighted by Crippen LogP contribution is 2.15. The van der Waals surface area contributed by atoms with Gasteiger partial charge in [-0.25, -0.2) is 0 Å². The van der Waals surface area contributed by atoms with Crippen LogP contribution >= 0.6 is 0 Å². The zero-order chi connectivity index (χ0) is 8.20. The van der Waals surface area contributed by atoms with E-state index in [4.69, 9.17) is 5.73 Å². The third kappa shape index (κ3) is 5.57. The Kier molecular flexibility index (Phi) is 3.37. The van der Waals surface area contributed by atoms with Crippen molar-refractivity contribution < 1.29 is 0 Å². The van der Waals surface area contributed by atoms with Crippen molar-refractivity contribution in [3.63, 3.8) is 0 Å². The van der Waals surface area contributed by atoms with Crippen LogP contribution in [0.1, 0.15) is 20.8 Å². The third-order valence-electron chi connectivity index (χ3n) is 1.08. The van der Waals surface area contributed by atoms with Crippen molar-refractivity contribution in [3.05, 3.63) is 24.3 Å². The minimum absolute atomic E-state index is 0.234. The average molecular weight is 139 g/mol. The molecule has 0 aromatic carbocycles. The molecule has 0 heterocycles. The smallest absolute Gasteiger partial charge is 0.0172 e. The monoisotopic (exact) mass is 139 g/mol. The highest BCUT2D eigenvalue weighted by Gasteiger charge is 2.02. The van der Waals surface area contributed by atoms with Gasteiger partial charge in [-0.15, -0.1) is 0 Å². The first kappa shape index (κ1) is 9.44. The van der Waals surface area contributed by atoms with Crippen LogP contribution < -0.4 is 5.73 Å². The van der Waals surface area contributed by atoms with E-state index in [2.05, 4.69) is 33.4 Å². The summed E-state index contributed by atoms with van der Waals surface area (Å²) in [6.45, 7) is 10.8. The van der Waals surface area contributed by atoms with Gasteiger partial charge in [-0.1, -0.05) is 39.5 Å². The van der Waals surface area contributed by atoms with E-state index in [-0.39, 0.29) is 5.41 Å². The van der Waals surface area contributed by atoms with E-state index in [9.17, 15) is 0 Å². The first-order valence-electron chi connectivity index (χ1n) is 3.53. The lowest BCUT2D eigenvalue weighted by atomic mass is 9.95. The van der Waals surface area contributed by atoms with Gasteiger partial charge in [-0.05, 0) is 11.0 Å². The van der Waals surface area contributed by atoms with Crippen molar-refractivity contribution in [2.75, 3.05) is 6.54 Å². The van der Waals surface area contributed by atoms with Crippen LogP contribution in [0.3, 0.4) is 0 Å². The summed E-state index contributed by atoms with van der Waals surface area (Å²) >= 11 is 0. The molecule has 0 atom stereocenters. The minimum Gasteiger partial charge on any atom is -0.327 e. The molecule has 0 aromatic heterocycles. The maximum Gasteiger partial charge on any atom is 0.0172 e. The van der Waals surface area contributed by atoms with Crippen molar-refractivity contribution >= 4 is 0 Å². The van der Waals surface area contributed by atoms with E-state index in [1.54, 1.807) is 0 Å². The first-order valence-corrected chi connectivity index (χ1v) is 3.53. The second-order valence-electron chi connectivity index (χ2n) is 3.56. The molecular formula is C9H17N. The second-order valence-corrected chi connectivity index (χ2v) is 3.56. The van der Waals surface area contributed by atoms with Crippen LogP contribution in [0.15, 0.2) is 24.3 Å². The largest absolute Gasteiger partial charge is 0.327 e. The quantitative estimate of drug-likeness (QED) is 0.582. The molecule has 0 bridgehead atoms. The summed E-state index contributed by atoms with van der Waals surface area (Å²) in [5.74, 6) is 0. The Bertz CT molecular complexity index is 137. The van der Waals surface area contributed by atoms with Crippen LogP contribution in [0.2, 0.25) is 0 Å². The Hall–Kier alpha value is -0.560. The molecule has 0 aromatic rings. The molecule has 0 fully saturated rings. The van der Waals surface area contributed by atoms with E-state index in [1.807, 2.05) is 6.08 Å². The summed E-state index contributed by atoms with van der Waals surface area (Å²) in [4.78, 5) is 0. The molecule has 58 valence electrons. The fourth-order valence-electron chi connectivity index (χ4n) is 0.436. The average Bonchev–Trinajstić information content (AvgIpc) is 1.81. The summed E-state index contributed by atoms with van der Waals surface area (Å²) < 4.78 is 0. The molecule has 0 unspecified atom stereocenters. The van der Waals surface area contributed by atoms with Crippen LogP contribution in [-0.2, 0) is 0 Å². The van der Waals surface area contributed by atoms with Gasteiger partial charge in [-0.2, -0.15) is 0 Å². The van der Waals surface area contributed by atoms with E-state index in [1.165, 1.54) is 0 Å². The van der Waals surface area contributed by atoms with Crippen LogP contribution in [0.4, 0.5) is 0 Å².